The first-order valence-corrected chi connectivity index (χ1v) is 7.90. The monoisotopic (exact) mass is 308 g/mol. The number of hydrogen-bond acceptors (Lipinski definition) is 3. The molecule has 5 nitrogen and oxygen atoms in total. The van der Waals surface area contributed by atoms with E-state index >= 15 is 0 Å². The van der Waals surface area contributed by atoms with E-state index in [0.29, 0.717) is 11.1 Å². The Kier molecular flexibility index (Phi) is 4.16. The van der Waals surface area contributed by atoms with E-state index in [1.54, 1.807) is 24.3 Å². The molecule has 1 amide bonds. The number of likely N-dealkylation sites (tertiary alicyclic amines) is 1. The Morgan fingerprint density at radius 1 is 1.39 bits per heavy atom. The van der Waals surface area contributed by atoms with Crippen molar-refractivity contribution >= 4 is 5.91 Å². The maximum Gasteiger partial charge on any atom is 0.254 e. The predicted octanol–water partition coefficient (Wildman–Crippen LogP) is 2.68. The van der Waals surface area contributed by atoms with Crippen LogP contribution in [0, 0.1) is 25.2 Å². The lowest BCUT2D eigenvalue weighted by atomic mass is 10.1. The summed E-state index contributed by atoms with van der Waals surface area (Å²) in [5, 5.41) is 13.5. The van der Waals surface area contributed by atoms with Crippen LogP contribution in [0.3, 0.4) is 0 Å². The van der Waals surface area contributed by atoms with Gasteiger partial charge in [-0.3, -0.25) is 9.48 Å². The summed E-state index contributed by atoms with van der Waals surface area (Å²) < 4.78 is 1.98. The molecule has 0 N–H and O–H groups in total. The zero-order chi connectivity index (χ0) is 16.4. The minimum Gasteiger partial charge on any atom is -0.334 e. The van der Waals surface area contributed by atoms with Gasteiger partial charge in [-0.05, 0) is 51.0 Å². The highest BCUT2D eigenvalue weighted by molar-refractivity contribution is 5.95. The number of amides is 1. The molecule has 23 heavy (non-hydrogen) atoms. The molecular weight excluding hydrogens is 288 g/mol. The van der Waals surface area contributed by atoms with Crippen LogP contribution in [0.1, 0.15) is 40.2 Å². The summed E-state index contributed by atoms with van der Waals surface area (Å²) in [5.74, 6) is 0.00568. The second-order valence-corrected chi connectivity index (χ2v) is 6.10. The Labute approximate surface area is 136 Å². The zero-order valence-electron chi connectivity index (χ0n) is 13.5. The zero-order valence-corrected chi connectivity index (χ0v) is 13.5. The molecule has 1 atom stereocenters. The molecule has 2 aromatic rings. The topological polar surface area (TPSA) is 61.9 Å². The van der Waals surface area contributed by atoms with Crippen molar-refractivity contribution < 1.29 is 4.79 Å². The first-order valence-electron chi connectivity index (χ1n) is 7.90. The lowest BCUT2D eigenvalue weighted by molar-refractivity contribution is 0.0721. The van der Waals surface area contributed by atoms with Crippen LogP contribution in [0.2, 0.25) is 0 Å². The molecule has 1 saturated heterocycles. The van der Waals surface area contributed by atoms with Crippen molar-refractivity contribution in [1.29, 1.82) is 5.26 Å². The molecule has 1 aliphatic rings. The average Bonchev–Trinajstić information content (AvgIpc) is 3.13. The summed E-state index contributed by atoms with van der Waals surface area (Å²) >= 11 is 0. The Hall–Kier alpha value is -2.61. The fourth-order valence-electron chi connectivity index (χ4n) is 3.24. The van der Waals surface area contributed by atoms with Crippen molar-refractivity contribution in [3.63, 3.8) is 0 Å². The Bertz CT molecular complexity index is 772. The van der Waals surface area contributed by atoms with Crippen LogP contribution < -0.4 is 0 Å². The van der Waals surface area contributed by atoms with E-state index in [1.807, 2.05) is 23.4 Å². The fraction of sp³-hybridized carbons (Fsp3) is 0.389. The van der Waals surface area contributed by atoms with Crippen LogP contribution in [-0.2, 0) is 6.54 Å². The Morgan fingerprint density at radius 3 is 2.91 bits per heavy atom. The van der Waals surface area contributed by atoms with Crippen LogP contribution in [0.5, 0.6) is 0 Å². The van der Waals surface area contributed by atoms with Gasteiger partial charge in [0.1, 0.15) is 0 Å². The van der Waals surface area contributed by atoms with Gasteiger partial charge in [0.2, 0.25) is 0 Å². The largest absolute Gasteiger partial charge is 0.334 e. The van der Waals surface area contributed by atoms with Crippen LogP contribution in [0.4, 0.5) is 0 Å². The number of carbonyl (C=O) groups is 1. The highest BCUT2D eigenvalue weighted by Gasteiger charge is 2.30. The van der Waals surface area contributed by atoms with Gasteiger partial charge in [0.25, 0.3) is 5.91 Å². The third-order valence-corrected chi connectivity index (χ3v) is 4.36. The molecule has 118 valence electrons. The van der Waals surface area contributed by atoms with Crippen molar-refractivity contribution in [3.05, 3.63) is 52.8 Å². The molecule has 1 aliphatic heterocycles. The van der Waals surface area contributed by atoms with Gasteiger partial charge in [-0.2, -0.15) is 10.4 Å². The number of aromatic nitrogens is 2. The molecule has 0 radical (unpaired) electrons. The summed E-state index contributed by atoms with van der Waals surface area (Å²) in [4.78, 5) is 14.7. The van der Waals surface area contributed by atoms with Crippen molar-refractivity contribution in [2.24, 2.45) is 0 Å². The number of rotatable bonds is 3. The molecule has 1 aromatic carbocycles. The molecule has 0 saturated carbocycles. The number of nitriles is 1. The lowest BCUT2D eigenvalue weighted by Crippen LogP contribution is -2.38. The van der Waals surface area contributed by atoms with E-state index in [4.69, 9.17) is 5.26 Å². The first kappa shape index (κ1) is 15.3. The Morgan fingerprint density at radius 2 is 2.22 bits per heavy atom. The highest BCUT2D eigenvalue weighted by atomic mass is 16.2. The molecule has 1 fully saturated rings. The summed E-state index contributed by atoms with van der Waals surface area (Å²) in [7, 11) is 0. The smallest absolute Gasteiger partial charge is 0.254 e. The predicted molar refractivity (Wildman–Crippen MR) is 86.9 cm³/mol. The molecule has 0 bridgehead atoms. The van der Waals surface area contributed by atoms with Crippen molar-refractivity contribution in [3.8, 4) is 6.07 Å². The van der Waals surface area contributed by atoms with Crippen molar-refractivity contribution in [2.75, 3.05) is 6.54 Å². The van der Waals surface area contributed by atoms with Crippen molar-refractivity contribution in [1.82, 2.24) is 14.7 Å². The van der Waals surface area contributed by atoms with E-state index in [-0.39, 0.29) is 11.9 Å². The number of hydrogen-bond donors (Lipinski definition) is 0. The highest BCUT2D eigenvalue weighted by Crippen LogP contribution is 2.22. The molecule has 0 unspecified atom stereocenters. The summed E-state index contributed by atoms with van der Waals surface area (Å²) in [6.45, 7) is 5.51. The van der Waals surface area contributed by atoms with Crippen LogP contribution >= 0.6 is 0 Å². The van der Waals surface area contributed by atoms with Gasteiger partial charge >= 0.3 is 0 Å². The van der Waals surface area contributed by atoms with E-state index < -0.39 is 0 Å². The summed E-state index contributed by atoms with van der Waals surface area (Å²) in [6, 6.07) is 11.2. The molecule has 2 heterocycles. The lowest BCUT2D eigenvalue weighted by Gasteiger charge is -2.25. The molecule has 0 spiro atoms. The Balaban J connectivity index is 1.79. The quantitative estimate of drug-likeness (QED) is 0.876. The van der Waals surface area contributed by atoms with Gasteiger partial charge in [0.05, 0.1) is 29.9 Å². The van der Waals surface area contributed by atoms with Gasteiger partial charge in [0, 0.05) is 17.8 Å². The van der Waals surface area contributed by atoms with Crippen molar-refractivity contribution in [2.45, 2.75) is 39.3 Å². The van der Waals surface area contributed by atoms with E-state index in [2.05, 4.69) is 17.2 Å². The average molecular weight is 308 g/mol. The van der Waals surface area contributed by atoms with Gasteiger partial charge in [-0.15, -0.1) is 0 Å². The van der Waals surface area contributed by atoms with E-state index in [0.717, 1.165) is 37.3 Å². The van der Waals surface area contributed by atoms with Gasteiger partial charge < -0.3 is 4.90 Å². The van der Waals surface area contributed by atoms with Crippen LogP contribution in [0.25, 0.3) is 0 Å². The molecular formula is C18H20N4O. The maximum absolute atomic E-state index is 12.8. The number of aryl methyl sites for hydroxylation is 2. The van der Waals surface area contributed by atoms with Crippen LogP contribution in [0.15, 0.2) is 30.3 Å². The standard InChI is InChI=1S/C18H20N4O/c1-13-9-14(2)22(20-13)12-17-7-4-8-21(17)18(23)16-6-3-5-15(10-16)11-19/h3,5-6,9-10,17H,4,7-8,12H2,1-2H3/t17-/m1/s1. The summed E-state index contributed by atoms with van der Waals surface area (Å²) in [6.07, 6.45) is 2.00. The van der Waals surface area contributed by atoms with Crippen LogP contribution in [-0.4, -0.2) is 33.2 Å². The maximum atomic E-state index is 12.8. The molecule has 0 aliphatic carbocycles. The summed E-state index contributed by atoms with van der Waals surface area (Å²) in [5.41, 5.74) is 3.22. The first-order chi connectivity index (χ1) is 11.1. The normalized spacial score (nSPS) is 17.3. The van der Waals surface area contributed by atoms with E-state index in [9.17, 15) is 4.79 Å². The second-order valence-electron chi connectivity index (χ2n) is 6.10. The minimum absolute atomic E-state index is 0.00568. The second kappa shape index (κ2) is 6.25. The molecule has 1 aromatic heterocycles. The van der Waals surface area contributed by atoms with Gasteiger partial charge in [0.15, 0.2) is 0 Å². The third kappa shape index (κ3) is 3.11. The molecule has 5 heteroatoms. The van der Waals surface area contributed by atoms with E-state index in [1.165, 1.54) is 0 Å². The number of carbonyl (C=O) groups excluding carboxylic acids is 1. The van der Waals surface area contributed by atoms with Gasteiger partial charge in [-0.25, -0.2) is 0 Å². The SMILES string of the molecule is Cc1cc(C)n(C[C@H]2CCCN2C(=O)c2cccc(C#N)c2)n1. The molecule has 3 rings (SSSR count). The minimum atomic E-state index is 0.00568. The van der Waals surface area contributed by atoms with Gasteiger partial charge in [-0.1, -0.05) is 6.07 Å². The number of nitrogens with zero attached hydrogens (tertiary/aromatic N) is 4. The third-order valence-electron chi connectivity index (χ3n) is 4.36. The fourth-order valence-corrected chi connectivity index (χ4v) is 3.24. The number of benzene rings is 1.